The quantitative estimate of drug-likeness (QED) is 0.843. The van der Waals surface area contributed by atoms with Crippen LogP contribution in [0.15, 0.2) is 26.3 Å². The van der Waals surface area contributed by atoms with Crippen molar-refractivity contribution in [2.24, 2.45) is 11.8 Å². The van der Waals surface area contributed by atoms with E-state index in [1.54, 1.807) is 0 Å². The maximum absolute atomic E-state index is 11.7. The van der Waals surface area contributed by atoms with Crippen LogP contribution in [0.1, 0.15) is 6.42 Å². The van der Waals surface area contributed by atoms with Crippen molar-refractivity contribution in [2.75, 3.05) is 6.54 Å². The summed E-state index contributed by atoms with van der Waals surface area (Å²) in [4.78, 5) is 10.6. The Hall–Kier alpha value is -0.860. The number of carboxylic acid groups (broad SMARTS) is 1. The highest BCUT2D eigenvalue weighted by atomic mass is 79.9. The highest BCUT2D eigenvalue weighted by molar-refractivity contribution is 9.10. The molecule has 0 radical (unpaired) electrons. The predicted molar refractivity (Wildman–Crippen MR) is 60.8 cm³/mol. The third-order valence-corrected chi connectivity index (χ3v) is 4.31. The first-order chi connectivity index (χ1) is 7.90. The van der Waals surface area contributed by atoms with Crippen LogP contribution < -0.4 is 4.72 Å². The molecule has 1 aliphatic carbocycles. The minimum absolute atomic E-state index is 0.123. The van der Waals surface area contributed by atoms with Gasteiger partial charge in [0.05, 0.1) is 5.92 Å². The number of rotatable bonds is 5. The molecular weight excluding hydrogens is 314 g/mol. The summed E-state index contributed by atoms with van der Waals surface area (Å²) in [5.41, 5.74) is 0. The van der Waals surface area contributed by atoms with Gasteiger partial charge in [-0.15, -0.1) is 0 Å². The second-order valence-electron chi connectivity index (χ2n) is 3.85. The fraction of sp³-hybridized carbons (Fsp3) is 0.444. The van der Waals surface area contributed by atoms with Gasteiger partial charge in [-0.2, -0.15) is 0 Å². The van der Waals surface area contributed by atoms with Crippen molar-refractivity contribution in [3.05, 3.63) is 16.8 Å². The average Bonchev–Trinajstić information content (AvgIpc) is 2.90. The van der Waals surface area contributed by atoms with Gasteiger partial charge in [-0.1, -0.05) is 0 Å². The summed E-state index contributed by atoms with van der Waals surface area (Å²) in [6.07, 6.45) is 0.514. The first-order valence-electron chi connectivity index (χ1n) is 4.88. The molecule has 0 bridgehead atoms. The topological polar surface area (TPSA) is 96.6 Å². The van der Waals surface area contributed by atoms with Crippen molar-refractivity contribution in [2.45, 2.75) is 11.5 Å². The molecule has 8 heteroatoms. The van der Waals surface area contributed by atoms with Gasteiger partial charge in [0.25, 0.3) is 10.0 Å². The van der Waals surface area contributed by atoms with Crippen LogP contribution in [-0.2, 0) is 14.8 Å². The zero-order chi connectivity index (χ0) is 12.6. The summed E-state index contributed by atoms with van der Waals surface area (Å²) in [6, 6.07) is 2.81. The summed E-state index contributed by atoms with van der Waals surface area (Å²) in [7, 11) is -3.68. The monoisotopic (exact) mass is 323 g/mol. The molecule has 6 nitrogen and oxygen atoms in total. The second-order valence-corrected chi connectivity index (χ2v) is 6.33. The molecule has 1 fully saturated rings. The van der Waals surface area contributed by atoms with Crippen LogP contribution in [0.2, 0.25) is 0 Å². The van der Waals surface area contributed by atoms with E-state index in [0.29, 0.717) is 11.1 Å². The Morgan fingerprint density at radius 1 is 1.59 bits per heavy atom. The summed E-state index contributed by atoms with van der Waals surface area (Å²) < 4.78 is 30.9. The van der Waals surface area contributed by atoms with E-state index in [2.05, 4.69) is 20.7 Å². The number of hydrogen-bond acceptors (Lipinski definition) is 4. The molecule has 0 saturated heterocycles. The van der Waals surface area contributed by atoms with Crippen LogP contribution in [0.25, 0.3) is 0 Å². The Morgan fingerprint density at radius 3 is 2.76 bits per heavy atom. The fourth-order valence-corrected chi connectivity index (χ4v) is 2.94. The number of sulfonamides is 1. The number of halogens is 1. The predicted octanol–water partition coefficient (Wildman–Crippen LogP) is 1.04. The zero-order valence-corrected chi connectivity index (χ0v) is 11.0. The van der Waals surface area contributed by atoms with Gasteiger partial charge in [0, 0.05) is 6.54 Å². The van der Waals surface area contributed by atoms with E-state index in [1.807, 2.05) is 0 Å². The number of carboxylic acids is 1. The maximum Gasteiger partial charge on any atom is 0.306 e. The van der Waals surface area contributed by atoms with Crippen molar-refractivity contribution in [1.82, 2.24) is 4.72 Å². The van der Waals surface area contributed by atoms with Gasteiger partial charge in [0.15, 0.2) is 4.67 Å². The summed E-state index contributed by atoms with van der Waals surface area (Å²) in [6.45, 7) is 0.123. The number of aliphatic carboxylic acids is 1. The minimum atomic E-state index is -3.68. The van der Waals surface area contributed by atoms with Crippen LogP contribution in [0, 0.1) is 11.8 Å². The van der Waals surface area contributed by atoms with Crippen molar-refractivity contribution >= 4 is 31.9 Å². The SMILES string of the molecule is O=C(O)[C@@H]1C[C@H]1CNS(=O)(=O)c1ccc(Br)o1. The molecule has 0 spiro atoms. The van der Waals surface area contributed by atoms with E-state index in [4.69, 9.17) is 9.52 Å². The number of furan rings is 1. The van der Waals surface area contributed by atoms with E-state index in [-0.39, 0.29) is 17.6 Å². The first-order valence-corrected chi connectivity index (χ1v) is 7.15. The van der Waals surface area contributed by atoms with Crippen LogP contribution in [0.5, 0.6) is 0 Å². The summed E-state index contributed by atoms with van der Waals surface area (Å²) in [5, 5.41) is 8.49. The summed E-state index contributed by atoms with van der Waals surface area (Å²) in [5.74, 6) is -1.43. The normalized spacial score (nSPS) is 23.6. The molecule has 0 amide bonds. The lowest BCUT2D eigenvalue weighted by atomic mass is 10.3. The van der Waals surface area contributed by atoms with Crippen molar-refractivity contribution in [1.29, 1.82) is 0 Å². The smallest absolute Gasteiger partial charge is 0.306 e. The molecule has 1 heterocycles. The standard InChI is InChI=1S/C9H10BrNO5S/c10-7-1-2-8(16-7)17(14,15)11-4-5-3-6(5)9(12)13/h1-2,5-6,11H,3-4H2,(H,12,13)/t5-,6+/m0/s1. The lowest BCUT2D eigenvalue weighted by Gasteiger charge is -2.02. The highest BCUT2D eigenvalue weighted by Gasteiger charge is 2.43. The molecule has 2 N–H and O–H groups in total. The Kier molecular flexibility index (Phi) is 3.28. The van der Waals surface area contributed by atoms with Crippen molar-refractivity contribution in [3.63, 3.8) is 0 Å². The largest absolute Gasteiger partial charge is 0.481 e. The van der Waals surface area contributed by atoms with E-state index in [0.717, 1.165) is 0 Å². The number of hydrogen-bond donors (Lipinski definition) is 2. The number of carbonyl (C=O) groups is 1. The Bertz CT molecular complexity index is 537. The van der Waals surface area contributed by atoms with Gasteiger partial charge in [-0.25, -0.2) is 13.1 Å². The van der Waals surface area contributed by atoms with E-state index in [9.17, 15) is 13.2 Å². The minimum Gasteiger partial charge on any atom is -0.481 e. The highest BCUT2D eigenvalue weighted by Crippen LogP contribution is 2.38. The fourth-order valence-electron chi connectivity index (χ4n) is 1.51. The average molecular weight is 324 g/mol. The van der Waals surface area contributed by atoms with Gasteiger partial charge >= 0.3 is 5.97 Å². The third-order valence-electron chi connectivity index (χ3n) is 2.59. The molecule has 2 atom stereocenters. The Morgan fingerprint density at radius 2 is 2.29 bits per heavy atom. The van der Waals surface area contributed by atoms with Crippen LogP contribution in [0.3, 0.4) is 0 Å². The molecule has 1 aromatic heterocycles. The van der Waals surface area contributed by atoms with Crippen LogP contribution in [-0.4, -0.2) is 26.0 Å². The number of nitrogens with one attached hydrogen (secondary N) is 1. The molecular formula is C9H10BrNO5S. The lowest BCUT2D eigenvalue weighted by molar-refractivity contribution is -0.138. The maximum atomic E-state index is 11.7. The Labute approximate surface area is 106 Å². The molecule has 2 rings (SSSR count). The molecule has 94 valence electrons. The van der Waals surface area contributed by atoms with Gasteiger partial charge < -0.3 is 9.52 Å². The lowest BCUT2D eigenvalue weighted by Crippen LogP contribution is -2.26. The molecule has 17 heavy (non-hydrogen) atoms. The van der Waals surface area contributed by atoms with Crippen molar-refractivity contribution in [3.8, 4) is 0 Å². The first kappa shape index (κ1) is 12.6. The molecule has 0 aliphatic heterocycles. The molecule has 1 aromatic rings. The van der Waals surface area contributed by atoms with Gasteiger partial charge in [0.1, 0.15) is 0 Å². The van der Waals surface area contributed by atoms with E-state index < -0.39 is 21.9 Å². The molecule has 0 aromatic carbocycles. The van der Waals surface area contributed by atoms with Gasteiger partial charge in [-0.3, -0.25) is 4.79 Å². The third kappa shape index (κ3) is 2.88. The molecule has 1 aliphatic rings. The van der Waals surface area contributed by atoms with Crippen LogP contribution >= 0.6 is 15.9 Å². The molecule has 0 unspecified atom stereocenters. The zero-order valence-electron chi connectivity index (χ0n) is 8.59. The van der Waals surface area contributed by atoms with Gasteiger partial charge in [-0.05, 0) is 40.4 Å². The van der Waals surface area contributed by atoms with Crippen molar-refractivity contribution < 1.29 is 22.7 Å². The second kappa shape index (κ2) is 4.43. The van der Waals surface area contributed by atoms with E-state index in [1.165, 1.54) is 12.1 Å². The Balaban J connectivity index is 1.93. The van der Waals surface area contributed by atoms with Crippen LogP contribution in [0.4, 0.5) is 0 Å². The summed E-state index contributed by atoms with van der Waals surface area (Å²) >= 11 is 3.01. The van der Waals surface area contributed by atoms with Gasteiger partial charge in [0.2, 0.25) is 5.09 Å². The molecule has 1 saturated carbocycles. The van der Waals surface area contributed by atoms with E-state index >= 15 is 0 Å².